The first kappa shape index (κ1) is 10.4. The van der Waals surface area contributed by atoms with Gasteiger partial charge in [0.05, 0.1) is 0 Å². The van der Waals surface area contributed by atoms with Crippen LogP contribution in [-0.2, 0) is 6.42 Å². The Labute approximate surface area is 103 Å². The Bertz CT molecular complexity index is 455. The largest absolute Gasteiger partial charge is 0.454 e. The Morgan fingerprint density at radius 1 is 1.44 bits per heavy atom. The van der Waals surface area contributed by atoms with Gasteiger partial charge in [-0.15, -0.1) is 0 Å². The van der Waals surface area contributed by atoms with Crippen molar-refractivity contribution in [3.8, 4) is 11.5 Å². The fourth-order valence-corrected chi connectivity index (χ4v) is 2.53. The fraction of sp³-hybridized carbons (Fsp3) is 0.500. The molecule has 1 fully saturated rings. The molecule has 1 aliphatic heterocycles. The van der Waals surface area contributed by atoms with E-state index in [1.54, 1.807) is 0 Å². The number of ether oxygens (including phenoxy) is 2. The maximum Gasteiger partial charge on any atom is 0.231 e. The molecule has 2 aliphatic rings. The molecule has 3 rings (SSSR count). The van der Waals surface area contributed by atoms with E-state index >= 15 is 0 Å². The van der Waals surface area contributed by atoms with E-state index in [0.717, 1.165) is 40.8 Å². The molecule has 16 heavy (non-hydrogen) atoms. The van der Waals surface area contributed by atoms with Gasteiger partial charge in [-0.3, -0.25) is 0 Å². The van der Waals surface area contributed by atoms with E-state index in [0.29, 0.717) is 6.79 Å². The number of hydrogen-bond acceptors (Lipinski definition) is 3. The molecule has 4 heteroatoms. The highest BCUT2D eigenvalue weighted by molar-refractivity contribution is 9.10. The summed E-state index contributed by atoms with van der Waals surface area (Å²) >= 11 is 3.62. The van der Waals surface area contributed by atoms with Crippen LogP contribution < -0.4 is 15.2 Å². The van der Waals surface area contributed by atoms with Gasteiger partial charge in [-0.05, 0) is 37.8 Å². The van der Waals surface area contributed by atoms with Crippen molar-refractivity contribution in [1.29, 1.82) is 0 Å². The van der Waals surface area contributed by atoms with Crippen LogP contribution in [0, 0.1) is 6.92 Å². The number of hydrogen-bond donors (Lipinski definition) is 1. The summed E-state index contributed by atoms with van der Waals surface area (Å²) in [4.78, 5) is 0. The molecule has 86 valence electrons. The molecule has 1 saturated carbocycles. The van der Waals surface area contributed by atoms with Crippen LogP contribution in [0.2, 0.25) is 0 Å². The molecule has 0 unspecified atom stereocenters. The van der Waals surface area contributed by atoms with Gasteiger partial charge in [0.2, 0.25) is 6.79 Å². The quantitative estimate of drug-likeness (QED) is 0.907. The highest BCUT2D eigenvalue weighted by atomic mass is 79.9. The van der Waals surface area contributed by atoms with Gasteiger partial charge in [0, 0.05) is 15.6 Å². The van der Waals surface area contributed by atoms with Crippen LogP contribution in [-0.4, -0.2) is 12.3 Å². The van der Waals surface area contributed by atoms with Crippen molar-refractivity contribution in [3.63, 3.8) is 0 Å². The van der Waals surface area contributed by atoms with Gasteiger partial charge in [-0.25, -0.2) is 0 Å². The molecule has 1 heterocycles. The highest BCUT2D eigenvalue weighted by Gasteiger charge is 2.39. The van der Waals surface area contributed by atoms with Gasteiger partial charge in [0.15, 0.2) is 11.5 Å². The third kappa shape index (κ3) is 1.60. The molecular formula is C12H14BrNO2. The summed E-state index contributed by atoms with van der Waals surface area (Å²) in [5, 5.41) is 0. The van der Waals surface area contributed by atoms with Crippen molar-refractivity contribution < 1.29 is 9.47 Å². The van der Waals surface area contributed by atoms with Crippen molar-refractivity contribution in [2.75, 3.05) is 6.79 Å². The van der Waals surface area contributed by atoms with E-state index in [2.05, 4.69) is 15.9 Å². The second-order valence-corrected chi connectivity index (χ2v) is 5.54. The maximum atomic E-state index is 6.15. The standard InChI is InChI=1S/C12H14BrNO2/c1-7-10(13)8(5-12(14)2-3-12)4-9-11(7)16-6-15-9/h4H,2-3,5-6,14H2,1H3. The molecule has 0 atom stereocenters. The molecule has 1 aromatic rings. The van der Waals surface area contributed by atoms with Gasteiger partial charge in [0.25, 0.3) is 0 Å². The average molecular weight is 284 g/mol. The fourth-order valence-electron chi connectivity index (χ4n) is 2.10. The van der Waals surface area contributed by atoms with Crippen LogP contribution >= 0.6 is 15.9 Å². The summed E-state index contributed by atoms with van der Waals surface area (Å²) in [6.45, 7) is 2.36. The summed E-state index contributed by atoms with van der Waals surface area (Å²) in [6.07, 6.45) is 3.14. The van der Waals surface area contributed by atoms with Crippen molar-refractivity contribution in [2.45, 2.75) is 31.7 Å². The van der Waals surface area contributed by atoms with Crippen molar-refractivity contribution in [3.05, 3.63) is 21.7 Å². The lowest BCUT2D eigenvalue weighted by molar-refractivity contribution is 0.173. The predicted octanol–water partition coefficient (Wildman–Crippen LogP) is 2.52. The summed E-state index contributed by atoms with van der Waals surface area (Å²) in [7, 11) is 0. The molecule has 2 N–H and O–H groups in total. The number of rotatable bonds is 2. The Morgan fingerprint density at radius 2 is 2.19 bits per heavy atom. The van der Waals surface area contributed by atoms with Gasteiger partial charge in [0.1, 0.15) is 0 Å². The van der Waals surface area contributed by atoms with Gasteiger partial charge in [-0.2, -0.15) is 0 Å². The number of nitrogens with two attached hydrogens (primary N) is 1. The first-order valence-electron chi connectivity index (χ1n) is 5.45. The zero-order chi connectivity index (χ0) is 11.3. The van der Waals surface area contributed by atoms with E-state index in [9.17, 15) is 0 Å². The second-order valence-electron chi connectivity index (χ2n) is 4.75. The van der Waals surface area contributed by atoms with Crippen LogP contribution in [0.1, 0.15) is 24.0 Å². The summed E-state index contributed by atoms with van der Waals surface area (Å²) in [6, 6.07) is 2.05. The third-order valence-corrected chi connectivity index (χ3v) is 4.44. The Morgan fingerprint density at radius 3 is 2.88 bits per heavy atom. The minimum Gasteiger partial charge on any atom is -0.454 e. The van der Waals surface area contributed by atoms with Crippen molar-refractivity contribution in [2.24, 2.45) is 5.73 Å². The second kappa shape index (κ2) is 3.37. The molecule has 3 nitrogen and oxygen atoms in total. The van der Waals surface area contributed by atoms with Gasteiger partial charge in [-0.1, -0.05) is 15.9 Å². The highest BCUT2D eigenvalue weighted by Crippen LogP contribution is 2.44. The zero-order valence-corrected chi connectivity index (χ0v) is 10.8. The molecule has 0 radical (unpaired) electrons. The predicted molar refractivity (Wildman–Crippen MR) is 64.9 cm³/mol. The van der Waals surface area contributed by atoms with Crippen LogP contribution in [0.5, 0.6) is 11.5 Å². The van der Waals surface area contributed by atoms with E-state index in [4.69, 9.17) is 15.2 Å². The Hall–Kier alpha value is -0.740. The van der Waals surface area contributed by atoms with Crippen LogP contribution in [0.15, 0.2) is 10.5 Å². The maximum absolute atomic E-state index is 6.15. The van der Waals surface area contributed by atoms with E-state index in [1.807, 2.05) is 13.0 Å². The number of benzene rings is 1. The number of fused-ring (bicyclic) bond motifs is 1. The monoisotopic (exact) mass is 283 g/mol. The topological polar surface area (TPSA) is 44.5 Å². The zero-order valence-electron chi connectivity index (χ0n) is 9.18. The SMILES string of the molecule is Cc1c(Br)c(CC2(N)CC2)cc2c1OCO2. The third-order valence-electron chi connectivity index (χ3n) is 3.33. The normalized spacial score (nSPS) is 19.9. The van der Waals surface area contributed by atoms with E-state index in [-0.39, 0.29) is 5.54 Å². The molecular weight excluding hydrogens is 270 g/mol. The minimum atomic E-state index is 0.0165. The van der Waals surface area contributed by atoms with Crippen molar-refractivity contribution >= 4 is 15.9 Å². The van der Waals surface area contributed by atoms with E-state index < -0.39 is 0 Å². The summed E-state index contributed by atoms with van der Waals surface area (Å²) in [5.41, 5.74) is 8.50. The van der Waals surface area contributed by atoms with E-state index in [1.165, 1.54) is 5.56 Å². The molecule has 0 bridgehead atoms. The Balaban J connectivity index is 2.02. The molecule has 0 spiro atoms. The molecule has 0 saturated heterocycles. The van der Waals surface area contributed by atoms with Crippen LogP contribution in [0.3, 0.4) is 0 Å². The molecule has 0 amide bonds. The number of halogens is 1. The average Bonchev–Trinajstić information content (AvgIpc) is 2.79. The van der Waals surface area contributed by atoms with Crippen LogP contribution in [0.4, 0.5) is 0 Å². The summed E-state index contributed by atoms with van der Waals surface area (Å²) in [5.74, 6) is 1.71. The Kier molecular flexibility index (Phi) is 2.20. The minimum absolute atomic E-state index is 0.0165. The van der Waals surface area contributed by atoms with Gasteiger partial charge >= 0.3 is 0 Å². The lowest BCUT2D eigenvalue weighted by Gasteiger charge is -2.13. The van der Waals surface area contributed by atoms with Crippen LogP contribution in [0.25, 0.3) is 0 Å². The lowest BCUT2D eigenvalue weighted by atomic mass is 10.0. The molecule has 1 aliphatic carbocycles. The lowest BCUT2D eigenvalue weighted by Crippen LogP contribution is -2.24. The first-order valence-corrected chi connectivity index (χ1v) is 6.25. The molecule has 0 aromatic heterocycles. The smallest absolute Gasteiger partial charge is 0.231 e. The van der Waals surface area contributed by atoms with Crippen molar-refractivity contribution in [1.82, 2.24) is 0 Å². The summed E-state index contributed by atoms with van der Waals surface area (Å²) < 4.78 is 12.0. The molecule has 1 aromatic carbocycles. The first-order chi connectivity index (χ1) is 7.59. The van der Waals surface area contributed by atoms with Gasteiger partial charge < -0.3 is 15.2 Å².